The number of furan rings is 1. The Bertz CT molecular complexity index is 1750. The minimum Gasteiger partial charge on any atom is -0.496 e. The van der Waals surface area contributed by atoms with Crippen LogP contribution < -0.4 is 19.9 Å². The fourth-order valence-electron chi connectivity index (χ4n) is 5.46. The van der Waals surface area contributed by atoms with Gasteiger partial charge in [-0.15, -0.1) is 0 Å². The molecule has 0 atom stereocenters. The first kappa shape index (κ1) is 27.8. The van der Waals surface area contributed by atoms with Crippen LogP contribution in [-0.4, -0.2) is 39.2 Å². The van der Waals surface area contributed by atoms with Crippen LogP contribution in [0.25, 0.3) is 22.5 Å². The van der Waals surface area contributed by atoms with Crippen molar-refractivity contribution in [1.29, 1.82) is 5.26 Å². The summed E-state index contributed by atoms with van der Waals surface area (Å²) < 4.78 is 11.8. The summed E-state index contributed by atoms with van der Waals surface area (Å²) in [4.78, 5) is 18.3. The third kappa shape index (κ3) is 6.01. The topological polar surface area (TPSA) is 81.7 Å². The number of hydrogen-bond donors (Lipinski definition) is 1. The minimum atomic E-state index is -0.246. The normalized spacial score (nSPS) is 12.9. The number of benzene rings is 4. The van der Waals surface area contributed by atoms with E-state index >= 15 is 0 Å². The SMILES string of the molecule is COc1ccccc1-c1ccccc1CN(C(=O)c1ccc(-c2ccc(C#N)cc2)o1)c1ccc(N2CCNCC2)cc1. The number of para-hydroxylation sites is 1. The van der Waals surface area contributed by atoms with Gasteiger partial charge in [0.15, 0.2) is 5.76 Å². The average molecular weight is 569 g/mol. The Morgan fingerprint density at radius 3 is 2.30 bits per heavy atom. The van der Waals surface area contributed by atoms with E-state index in [-0.39, 0.29) is 11.7 Å². The number of nitrogens with zero attached hydrogens (tertiary/aromatic N) is 3. The average Bonchev–Trinajstić information content (AvgIpc) is 3.58. The molecule has 1 saturated heterocycles. The molecule has 2 heterocycles. The molecule has 6 rings (SSSR count). The van der Waals surface area contributed by atoms with E-state index in [1.807, 2.05) is 66.7 Å². The summed E-state index contributed by atoms with van der Waals surface area (Å²) >= 11 is 0. The Kier molecular flexibility index (Phi) is 8.21. The molecule has 4 aromatic carbocycles. The van der Waals surface area contributed by atoms with E-state index in [9.17, 15) is 4.79 Å². The second-order valence-electron chi connectivity index (χ2n) is 10.4. The zero-order valence-electron chi connectivity index (χ0n) is 24.0. The predicted molar refractivity (Wildman–Crippen MR) is 169 cm³/mol. The highest BCUT2D eigenvalue weighted by atomic mass is 16.5. The van der Waals surface area contributed by atoms with Gasteiger partial charge in [0.2, 0.25) is 0 Å². The van der Waals surface area contributed by atoms with E-state index in [4.69, 9.17) is 14.4 Å². The van der Waals surface area contributed by atoms with Gasteiger partial charge in [-0.05, 0) is 77.9 Å². The zero-order valence-corrected chi connectivity index (χ0v) is 24.0. The molecule has 0 saturated carbocycles. The van der Waals surface area contributed by atoms with Crippen molar-refractivity contribution >= 4 is 17.3 Å². The molecule has 1 fully saturated rings. The molecular formula is C36H32N4O3. The number of rotatable bonds is 8. The van der Waals surface area contributed by atoms with Crippen molar-refractivity contribution in [1.82, 2.24) is 5.32 Å². The molecule has 0 aliphatic carbocycles. The Morgan fingerprint density at radius 1 is 0.884 bits per heavy atom. The predicted octanol–water partition coefficient (Wildman–Crippen LogP) is 6.75. The Labute approximate surface area is 251 Å². The van der Waals surface area contributed by atoms with Crippen LogP contribution in [0.3, 0.4) is 0 Å². The molecule has 43 heavy (non-hydrogen) atoms. The van der Waals surface area contributed by atoms with Crippen LogP contribution in [0.1, 0.15) is 21.7 Å². The van der Waals surface area contributed by atoms with Gasteiger partial charge in [-0.3, -0.25) is 4.79 Å². The van der Waals surface area contributed by atoms with Crippen molar-refractivity contribution in [3.63, 3.8) is 0 Å². The van der Waals surface area contributed by atoms with Crippen LogP contribution in [0.15, 0.2) is 114 Å². The summed E-state index contributed by atoms with van der Waals surface area (Å²) in [5, 5.41) is 12.5. The van der Waals surface area contributed by atoms with Crippen LogP contribution >= 0.6 is 0 Å². The first-order chi connectivity index (χ1) is 21.1. The quantitative estimate of drug-likeness (QED) is 0.223. The molecule has 7 nitrogen and oxygen atoms in total. The van der Waals surface area contributed by atoms with Gasteiger partial charge in [-0.25, -0.2) is 0 Å². The highest BCUT2D eigenvalue weighted by Gasteiger charge is 2.24. The molecule has 214 valence electrons. The van der Waals surface area contributed by atoms with Crippen molar-refractivity contribution in [2.45, 2.75) is 6.54 Å². The minimum absolute atomic E-state index is 0.236. The maximum Gasteiger partial charge on any atom is 0.294 e. The zero-order chi connectivity index (χ0) is 29.6. The van der Waals surface area contributed by atoms with Crippen LogP contribution in [0, 0.1) is 11.3 Å². The summed E-state index contributed by atoms with van der Waals surface area (Å²) in [5.41, 5.74) is 6.20. The monoisotopic (exact) mass is 568 g/mol. The number of hydrogen-bond acceptors (Lipinski definition) is 6. The number of nitriles is 1. The molecule has 1 aliphatic rings. The number of ether oxygens (including phenoxy) is 1. The number of nitrogens with one attached hydrogen (secondary N) is 1. The van der Waals surface area contributed by atoms with Crippen LogP contribution in [0.5, 0.6) is 5.75 Å². The number of carbonyl (C=O) groups excluding carboxylic acids is 1. The van der Waals surface area contributed by atoms with Crippen molar-refractivity contribution in [3.05, 3.63) is 126 Å². The molecule has 5 aromatic rings. The lowest BCUT2D eigenvalue weighted by atomic mass is 9.98. The second kappa shape index (κ2) is 12.7. The van der Waals surface area contributed by atoms with Crippen molar-refractivity contribution in [3.8, 4) is 34.3 Å². The standard InChI is InChI=1S/C36H32N4O3/c1-42-34-9-5-4-8-32(34)31-7-3-2-6-28(31)25-40(30-16-14-29(15-17-30)39-22-20-38-21-23-39)36(41)35-19-18-33(43-35)27-12-10-26(24-37)11-13-27/h2-19,38H,20-23,25H2,1H3. The molecule has 1 N–H and O–H groups in total. The van der Waals surface area contributed by atoms with Crippen LogP contribution in [0.4, 0.5) is 11.4 Å². The molecule has 0 spiro atoms. The van der Waals surface area contributed by atoms with E-state index < -0.39 is 0 Å². The van der Waals surface area contributed by atoms with E-state index in [2.05, 4.69) is 34.5 Å². The lowest BCUT2D eigenvalue weighted by Crippen LogP contribution is -2.43. The van der Waals surface area contributed by atoms with Gasteiger partial charge < -0.3 is 24.3 Å². The number of methoxy groups -OCH3 is 1. The fraction of sp³-hybridized carbons (Fsp3) is 0.167. The Hall–Kier alpha value is -5.32. The second-order valence-corrected chi connectivity index (χ2v) is 10.4. The highest BCUT2D eigenvalue weighted by Crippen LogP contribution is 2.34. The molecule has 1 aliphatic heterocycles. The van der Waals surface area contributed by atoms with E-state index in [0.717, 1.165) is 65.6 Å². The summed E-state index contributed by atoms with van der Waals surface area (Å²) in [6.07, 6.45) is 0. The molecule has 0 radical (unpaired) electrons. The smallest absolute Gasteiger partial charge is 0.294 e. The molecular weight excluding hydrogens is 536 g/mol. The third-order valence-corrected chi connectivity index (χ3v) is 7.75. The maximum absolute atomic E-state index is 14.2. The molecule has 0 unspecified atom stereocenters. The summed E-state index contributed by atoms with van der Waals surface area (Å²) in [5.74, 6) is 1.33. The van der Waals surface area contributed by atoms with Gasteiger partial charge >= 0.3 is 0 Å². The third-order valence-electron chi connectivity index (χ3n) is 7.75. The lowest BCUT2D eigenvalue weighted by Gasteiger charge is -2.30. The van der Waals surface area contributed by atoms with Gasteiger partial charge in [-0.1, -0.05) is 42.5 Å². The number of anilines is 2. The van der Waals surface area contributed by atoms with Crippen LogP contribution in [-0.2, 0) is 6.54 Å². The van der Waals surface area contributed by atoms with Crippen molar-refractivity contribution in [2.24, 2.45) is 0 Å². The number of amides is 1. The largest absolute Gasteiger partial charge is 0.496 e. The first-order valence-electron chi connectivity index (χ1n) is 14.3. The van der Waals surface area contributed by atoms with Crippen molar-refractivity contribution < 1.29 is 13.9 Å². The van der Waals surface area contributed by atoms with E-state index in [1.54, 1.807) is 36.3 Å². The van der Waals surface area contributed by atoms with E-state index in [1.165, 1.54) is 0 Å². The van der Waals surface area contributed by atoms with Crippen molar-refractivity contribution in [2.75, 3.05) is 43.1 Å². The first-order valence-corrected chi connectivity index (χ1v) is 14.3. The Balaban J connectivity index is 1.36. The Morgan fingerprint density at radius 2 is 1.58 bits per heavy atom. The molecule has 7 heteroatoms. The van der Waals surface area contributed by atoms with Gasteiger partial charge in [0.1, 0.15) is 11.5 Å². The maximum atomic E-state index is 14.2. The van der Waals surface area contributed by atoms with Gasteiger partial charge in [0.05, 0.1) is 25.3 Å². The molecule has 0 bridgehead atoms. The highest BCUT2D eigenvalue weighted by molar-refractivity contribution is 6.04. The van der Waals surface area contributed by atoms with Gasteiger partial charge in [0.25, 0.3) is 5.91 Å². The number of piperazine rings is 1. The van der Waals surface area contributed by atoms with Crippen LogP contribution in [0.2, 0.25) is 0 Å². The summed E-state index contributed by atoms with van der Waals surface area (Å²) in [6.45, 7) is 4.11. The fourth-order valence-corrected chi connectivity index (χ4v) is 5.46. The van der Waals surface area contributed by atoms with E-state index in [0.29, 0.717) is 17.9 Å². The molecule has 1 aromatic heterocycles. The summed E-state index contributed by atoms with van der Waals surface area (Å²) in [7, 11) is 1.67. The molecule has 1 amide bonds. The number of carbonyl (C=O) groups is 1. The van der Waals surface area contributed by atoms with Gasteiger partial charge in [-0.2, -0.15) is 5.26 Å². The summed E-state index contributed by atoms with van der Waals surface area (Å²) in [6, 6.07) is 36.9. The lowest BCUT2D eigenvalue weighted by molar-refractivity contribution is 0.0959. The van der Waals surface area contributed by atoms with Gasteiger partial charge in [0, 0.05) is 48.7 Å².